The summed E-state index contributed by atoms with van der Waals surface area (Å²) in [7, 11) is 2.06. The highest BCUT2D eigenvalue weighted by molar-refractivity contribution is 6.35. The Bertz CT molecular complexity index is 1320. The maximum atomic E-state index is 11.7. The fraction of sp³-hybridized carbons (Fsp3) is 0.167. The fourth-order valence-electron chi connectivity index (χ4n) is 3.51. The van der Waals surface area contributed by atoms with Gasteiger partial charge in [0.15, 0.2) is 5.65 Å². The number of benzene rings is 2. The van der Waals surface area contributed by atoms with Gasteiger partial charge in [-0.05, 0) is 42.8 Å². The standard InChI is InChI=1S/C24H24ClN7O/c1-4-12-32(3)18-11-7-10-17(14-18)27-24-28-21(20-22(25)30-31-23(20)29-24)15-8-6-9-16(13-15)26-19(33)5-2/h5-11,13-14H,2,4,12H2,1,3H3,(H,26,33)(H2,27,28,29,30,31). The van der Waals surface area contributed by atoms with Gasteiger partial charge in [-0.15, -0.1) is 0 Å². The second-order valence-corrected chi connectivity index (χ2v) is 7.88. The van der Waals surface area contributed by atoms with Crippen molar-refractivity contribution in [2.45, 2.75) is 13.3 Å². The van der Waals surface area contributed by atoms with Gasteiger partial charge in [0.1, 0.15) is 5.15 Å². The lowest BCUT2D eigenvalue weighted by Gasteiger charge is -2.19. The molecule has 0 aliphatic rings. The number of aromatic nitrogens is 4. The van der Waals surface area contributed by atoms with Crippen molar-refractivity contribution < 1.29 is 4.79 Å². The lowest BCUT2D eigenvalue weighted by molar-refractivity contribution is -0.111. The van der Waals surface area contributed by atoms with Crippen molar-refractivity contribution >= 4 is 51.6 Å². The Morgan fingerprint density at radius 1 is 1.18 bits per heavy atom. The lowest BCUT2D eigenvalue weighted by Crippen LogP contribution is -2.17. The Kier molecular flexibility index (Phi) is 6.55. The molecule has 1 amide bonds. The summed E-state index contributed by atoms with van der Waals surface area (Å²) in [4.78, 5) is 23.2. The summed E-state index contributed by atoms with van der Waals surface area (Å²) in [6, 6.07) is 15.4. The first-order valence-corrected chi connectivity index (χ1v) is 10.9. The van der Waals surface area contributed by atoms with Gasteiger partial charge in [-0.25, -0.2) is 4.98 Å². The van der Waals surface area contributed by atoms with E-state index in [4.69, 9.17) is 16.6 Å². The van der Waals surface area contributed by atoms with Crippen molar-refractivity contribution in [1.29, 1.82) is 0 Å². The van der Waals surface area contributed by atoms with Crippen LogP contribution in [0.4, 0.5) is 23.0 Å². The van der Waals surface area contributed by atoms with Crippen molar-refractivity contribution in [3.63, 3.8) is 0 Å². The first-order valence-electron chi connectivity index (χ1n) is 10.5. The summed E-state index contributed by atoms with van der Waals surface area (Å²) >= 11 is 6.37. The van der Waals surface area contributed by atoms with Gasteiger partial charge in [-0.2, -0.15) is 10.1 Å². The third-order valence-corrected chi connectivity index (χ3v) is 5.33. The minimum Gasteiger partial charge on any atom is -0.375 e. The number of hydrogen-bond donors (Lipinski definition) is 3. The van der Waals surface area contributed by atoms with Gasteiger partial charge < -0.3 is 15.5 Å². The molecule has 0 aliphatic carbocycles. The van der Waals surface area contributed by atoms with Crippen molar-refractivity contribution in [2.24, 2.45) is 0 Å². The molecule has 0 bridgehead atoms. The van der Waals surface area contributed by atoms with E-state index < -0.39 is 0 Å². The molecule has 2 aromatic carbocycles. The zero-order chi connectivity index (χ0) is 23.4. The van der Waals surface area contributed by atoms with E-state index in [0.29, 0.717) is 33.5 Å². The lowest BCUT2D eigenvalue weighted by atomic mass is 10.1. The van der Waals surface area contributed by atoms with Gasteiger partial charge in [0, 0.05) is 36.2 Å². The SMILES string of the molecule is C=CC(=O)Nc1cccc(-c2nc(Nc3cccc(N(C)CCC)c3)nc3n[nH]c(Cl)c23)c1. The Balaban J connectivity index is 1.73. The van der Waals surface area contributed by atoms with Crippen LogP contribution in [0.3, 0.4) is 0 Å². The first kappa shape index (κ1) is 22.3. The molecule has 0 fully saturated rings. The third-order valence-electron chi connectivity index (χ3n) is 5.06. The molecule has 0 spiro atoms. The molecule has 33 heavy (non-hydrogen) atoms. The second kappa shape index (κ2) is 9.70. The van der Waals surface area contributed by atoms with Crippen LogP contribution in [0.1, 0.15) is 13.3 Å². The number of hydrogen-bond acceptors (Lipinski definition) is 6. The molecule has 0 saturated carbocycles. The highest BCUT2D eigenvalue weighted by Gasteiger charge is 2.17. The highest BCUT2D eigenvalue weighted by atomic mass is 35.5. The third kappa shape index (κ3) is 4.96. The topological polar surface area (TPSA) is 98.8 Å². The normalized spacial score (nSPS) is 10.8. The molecule has 168 valence electrons. The van der Waals surface area contributed by atoms with Crippen LogP contribution in [0, 0.1) is 0 Å². The van der Waals surface area contributed by atoms with E-state index in [1.807, 2.05) is 36.4 Å². The predicted octanol–water partition coefficient (Wildman–Crippen LogP) is 5.39. The predicted molar refractivity (Wildman–Crippen MR) is 134 cm³/mol. The number of nitrogens with one attached hydrogen (secondary N) is 3. The average molecular weight is 462 g/mol. The molecular weight excluding hydrogens is 438 g/mol. The van der Waals surface area contributed by atoms with Crippen LogP contribution in [-0.4, -0.2) is 39.7 Å². The summed E-state index contributed by atoms with van der Waals surface area (Å²) in [5.41, 5.74) is 4.35. The molecule has 8 nitrogen and oxygen atoms in total. The largest absolute Gasteiger partial charge is 0.375 e. The fourth-order valence-corrected chi connectivity index (χ4v) is 3.72. The number of nitrogens with zero attached hydrogens (tertiary/aromatic N) is 4. The molecular formula is C24H24ClN7O. The number of aromatic amines is 1. The van der Waals surface area contributed by atoms with Crippen molar-refractivity contribution in [2.75, 3.05) is 29.1 Å². The molecule has 0 atom stereocenters. The molecule has 0 unspecified atom stereocenters. The number of H-pyrrole nitrogens is 1. The van der Waals surface area contributed by atoms with Gasteiger partial charge in [0.2, 0.25) is 11.9 Å². The Hall–Kier alpha value is -3.91. The number of halogens is 1. The van der Waals surface area contributed by atoms with E-state index in [9.17, 15) is 4.79 Å². The van der Waals surface area contributed by atoms with Gasteiger partial charge in [-0.3, -0.25) is 9.89 Å². The molecule has 4 rings (SSSR count). The van der Waals surface area contributed by atoms with E-state index in [1.165, 1.54) is 6.08 Å². The van der Waals surface area contributed by atoms with Gasteiger partial charge in [-0.1, -0.05) is 43.3 Å². The van der Waals surface area contributed by atoms with Crippen LogP contribution < -0.4 is 15.5 Å². The minimum atomic E-state index is -0.295. The molecule has 0 saturated heterocycles. The number of carbonyl (C=O) groups excluding carboxylic acids is 1. The first-order chi connectivity index (χ1) is 16.0. The van der Waals surface area contributed by atoms with Gasteiger partial charge >= 0.3 is 0 Å². The van der Waals surface area contributed by atoms with Crippen molar-refractivity contribution in [3.05, 3.63) is 66.3 Å². The maximum Gasteiger partial charge on any atom is 0.247 e. The zero-order valence-electron chi connectivity index (χ0n) is 18.4. The van der Waals surface area contributed by atoms with Crippen LogP contribution in [0.25, 0.3) is 22.3 Å². The van der Waals surface area contributed by atoms with Crippen LogP contribution in [-0.2, 0) is 4.79 Å². The molecule has 9 heteroatoms. The molecule has 2 heterocycles. The molecule has 3 N–H and O–H groups in total. The van der Waals surface area contributed by atoms with Crippen molar-refractivity contribution in [1.82, 2.24) is 20.2 Å². The summed E-state index contributed by atoms with van der Waals surface area (Å²) in [5.74, 6) is 0.0908. The zero-order valence-corrected chi connectivity index (χ0v) is 19.1. The summed E-state index contributed by atoms with van der Waals surface area (Å²) in [6.07, 6.45) is 2.28. The summed E-state index contributed by atoms with van der Waals surface area (Å²) in [6.45, 7) is 6.60. The van der Waals surface area contributed by atoms with E-state index in [1.54, 1.807) is 6.07 Å². The summed E-state index contributed by atoms with van der Waals surface area (Å²) in [5, 5.41) is 14.0. The number of amides is 1. The Labute approximate surface area is 196 Å². The number of rotatable bonds is 8. The number of fused-ring (bicyclic) bond motifs is 1. The molecule has 2 aromatic heterocycles. The Morgan fingerprint density at radius 3 is 2.76 bits per heavy atom. The van der Waals surface area contributed by atoms with Crippen molar-refractivity contribution in [3.8, 4) is 11.3 Å². The average Bonchev–Trinajstić information content (AvgIpc) is 3.19. The molecule has 4 aromatic rings. The van der Waals surface area contributed by atoms with E-state index in [-0.39, 0.29) is 5.91 Å². The summed E-state index contributed by atoms with van der Waals surface area (Å²) < 4.78 is 0. The van der Waals surface area contributed by atoms with Gasteiger partial charge in [0.25, 0.3) is 0 Å². The molecule has 0 aliphatic heterocycles. The maximum absolute atomic E-state index is 11.7. The van der Waals surface area contributed by atoms with E-state index in [2.05, 4.69) is 57.3 Å². The van der Waals surface area contributed by atoms with E-state index in [0.717, 1.165) is 29.9 Å². The quantitative estimate of drug-likeness (QED) is 0.304. The number of carbonyl (C=O) groups is 1. The second-order valence-electron chi connectivity index (χ2n) is 7.50. The van der Waals surface area contributed by atoms with Crippen LogP contribution >= 0.6 is 11.6 Å². The number of anilines is 4. The van der Waals surface area contributed by atoms with Crippen LogP contribution in [0.2, 0.25) is 5.15 Å². The van der Waals surface area contributed by atoms with E-state index >= 15 is 0 Å². The minimum absolute atomic E-state index is 0.295. The Morgan fingerprint density at radius 2 is 1.97 bits per heavy atom. The monoisotopic (exact) mass is 461 g/mol. The van der Waals surface area contributed by atoms with Crippen LogP contribution in [0.15, 0.2) is 61.2 Å². The van der Waals surface area contributed by atoms with Crippen LogP contribution in [0.5, 0.6) is 0 Å². The highest BCUT2D eigenvalue weighted by Crippen LogP contribution is 2.33. The molecule has 0 radical (unpaired) electrons. The van der Waals surface area contributed by atoms with Gasteiger partial charge in [0.05, 0.1) is 11.1 Å². The smallest absolute Gasteiger partial charge is 0.247 e.